The molecule has 0 bridgehead atoms. The summed E-state index contributed by atoms with van der Waals surface area (Å²) in [6.07, 6.45) is 6.58. The Balaban J connectivity index is 1.37. The second kappa shape index (κ2) is 7.98. The van der Waals surface area contributed by atoms with E-state index >= 15 is 0 Å². The first-order chi connectivity index (χ1) is 14.6. The minimum atomic E-state index is -0.270. The van der Waals surface area contributed by atoms with Crippen LogP contribution in [0.5, 0.6) is 0 Å². The molecule has 1 aliphatic heterocycles. The first-order valence-electron chi connectivity index (χ1n) is 10.8. The Bertz CT molecular complexity index is 1050. The van der Waals surface area contributed by atoms with Gasteiger partial charge in [0.05, 0.1) is 22.0 Å². The fraction of sp³-hybridized carbons (Fsp3) is 0.500. The first-order valence-corrected chi connectivity index (χ1v) is 11.6. The molecule has 0 spiro atoms. The van der Waals surface area contributed by atoms with Crippen LogP contribution in [-0.2, 0) is 4.79 Å². The van der Waals surface area contributed by atoms with E-state index in [1.54, 1.807) is 28.2 Å². The minimum Gasteiger partial charge on any atom is -0.353 e. The number of hydrogen-bond acceptors (Lipinski definition) is 5. The van der Waals surface area contributed by atoms with Gasteiger partial charge in [0.1, 0.15) is 5.82 Å². The Hall–Kier alpha value is -2.48. The first kappa shape index (κ1) is 19.5. The van der Waals surface area contributed by atoms with Gasteiger partial charge in [-0.25, -0.2) is 9.07 Å². The molecule has 5 rings (SSSR count). The molecule has 1 N–H and O–H groups in total. The number of halogens is 1. The summed E-state index contributed by atoms with van der Waals surface area (Å²) in [5.41, 5.74) is 2.49. The maximum Gasteiger partial charge on any atom is 0.225 e. The molecule has 6 nitrogen and oxygen atoms in total. The van der Waals surface area contributed by atoms with E-state index in [0.717, 1.165) is 59.1 Å². The second-order valence-corrected chi connectivity index (χ2v) is 9.38. The number of aromatic nitrogens is 3. The van der Waals surface area contributed by atoms with Crippen molar-refractivity contribution in [2.75, 3.05) is 18.0 Å². The van der Waals surface area contributed by atoms with Gasteiger partial charge in [0.2, 0.25) is 5.91 Å². The van der Waals surface area contributed by atoms with E-state index in [2.05, 4.69) is 15.3 Å². The zero-order valence-electron chi connectivity index (χ0n) is 17.1. The van der Waals surface area contributed by atoms with Gasteiger partial charge < -0.3 is 10.2 Å². The Morgan fingerprint density at radius 3 is 2.70 bits per heavy atom. The third-order valence-electron chi connectivity index (χ3n) is 6.21. The van der Waals surface area contributed by atoms with Gasteiger partial charge in [-0.2, -0.15) is 10.1 Å². The maximum atomic E-state index is 13.3. The van der Waals surface area contributed by atoms with Gasteiger partial charge in [0, 0.05) is 19.1 Å². The number of nitrogens with zero attached hydrogens (tertiary/aromatic N) is 4. The number of carbonyl (C=O) groups excluding carboxylic acids is 1. The lowest BCUT2D eigenvalue weighted by atomic mass is 9.97. The van der Waals surface area contributed by atoms with Gasteiger partial charge in [0.15, 0.2) is 10.8 Å². The van der Waals surface area contributed by atoms with Crippen LogP contribution < -0.4 is 10.2 Å². The molecule has 1 aliphatic carbocycles. The average molecular weight is 428 g/mol. The molecule has 1 amide bonds. The molecule has 30 heavy (non-hydrogen) atoms. The molecular formula is C22H26FN5OS. The van der Waals surface area contributed by atoms with Gasteiger partial charge in [-0.1, -0.05) is 24.2 Å². The SMILES string of the molecule is Cc1nn(-c2ccc(F)cc2)c2nc(N3CCC[C@@H](C(=O)NC4CCCC4)C3)sc12. The van der Waals surface area contributed by atoms with E-state index in [0.29, 0.717) is 12.6 Å². The highest BCUT2D eigenvalue weighted by molar-refractivity contribution is 7.22. The molecule has 1 saturated carbocycles. The monoisotopic (exact) mass is 427 g/mol. The Labute approximate surface area is 179 Å². The summed E-state index contributed by atoms with van der Waals surface area (Å²) in [7, 11) is 0. The summed E-state index contributed by atoms with van der Waals surface area (Å²) in [6.45, 7) is 3.59. The standard InChI is InChI=1S/C22H26FN5OS/c1-14-19-20(28(26-14)18-10-8-16(23)9-11-18)25-22(30-19)27-12-4-5-15(13-27)21(29)24-17-6-2-3-7-17/h8-11,15,17H,2-7,12-13H2,1H3,(H,24,29)/t15-/m1/s1. The van der Waals surface area contributed by atoms with Gasteiger partial charge in [-0.15, -0.1) is 0 Å². The van der Waals surface area contributed by atoms with Crippen molar-refractivity contribution in [1.82, 2.24) is 20.1 Å². The Morgan fingerprint density at radius 1 is 1.17 bits per heavy atom. The molecule has 2 aromatic heterocycles. The van der Waals surface area contributed by atoms with Gasteiger partial charge in [0.25, 0.3) is 0 Å². The van der Waals surface area contributed by atoms with E-state index in [1.165, 1.54) is 25.0 Å². The number of carbonyl (C=O) groups is 1. The van der Waals surface area contributed by atoms with Crippen LogP contribution in [0, 0.1) is 18.7 Å². The number of thiazole rings is 1. The molecule has 8 heteroatoms. The summed E-state index contributed by atoms with van der Waals surface area (Å²) in [4.78, 5) is 19.9. The van der Waals surface area contributed by atoms with Gasteiger partial charge in [-0.05, 0) is 56.9 Å². The maximum absolute atomic E-state index is 13.3. The molecule has 1 aromatic carbocycles. The number of nitrogens with one attached hydrogen (secondary N) is 1. The molecule has 1 atom stereocenters. The minimum absolute atomic E-state index is 0.0149. The molecule has 0 unspecified atom stereocenters. The summed E-state index contributed by atoms with van der Waals surface area (Å²) in [5.74, 6) is -0.0597. The number of aryl methyl sites for hydroxylation is 1. The van der Waals surface area contributed by atoms with E-state index < -0.39 is 0 Å². The zero-order chi connectivity index (χ0) is 20.7. The van der Waals surface area contributed by atoms with Crippen LogP contribution >= 0.6 is 11.3 Å². The fourth-order valence-electron chi connectivity index (χ4n) is 4.57. The number of rotatable bonds is 4. The topological polar surface area (TPSA) is 63.1 Å². The van der Waals surface area contributed by atoms with Gasteiger partial charge in [-0.3, -0.25) is 4.79 Å². The number of fused-ring (bicyclic) bond motifs is 1. The van der Waals surface area contributed by atoms with Crippen molar-refractivity contribution in [3.63, 3.8) is 0 Å². The normalized spacial score (nSPS) is 20.2. The van der Waals surface area contributed by atoms with Crippen LogP contribution in [0.4, 0.5) is 9.52 Å². The van der Waals surface area contributed by atoms with E-state index in [9.17, 15) is 9.18 Å². The highest BCUT2D eigenvalue weighted by atomic mass is 32.1. The van der Waals surface area contributed by atoms with Gasteiger partial charge >= 0.3 is 0 Å². The smallest absolute Gasteiger partial charge is 0.225 e. The van der Waals surface area contributed by atoms with E-state index in [-0.39, 0.29) is 17.6 Å². The van der Waals surface area contributed by atoms with Crippen LogP contribution in [0.25, 0.3) is 16.0 Å². The van der Waals surface area contributed by atoms with Crippen molar-refractivity contribution in [1.29, 1.82) is 0 Å². The summed E-state index contributed by atoms with van der Waals surface area (Å²) in [5, 5.41) is 8.79. The molecule has 0 radical (unpaired) electrons. The second-order valence-electron chi connectivity index (χ2n) is 8.40. The van der Waals surface area contributed by atoms with Crippen LogP contribution in [-0.4, -0.2) is 39.8 Å². The van der Waals surface area contributed by atoms with Crippen LogP contribution in [0.3, 0.4) is 0 Å². The number of amides is 1. The third kappa shape index (κ3) is 3.69. The van der Waals surface area contributed by atoms with Crippen molar-refractivity contribution in [2.45, 2.75) is 51.5 Å². The molecule has 2 fully saturated rings. The summed E-state index contributed by atoms with van der Waals surface area (Å²) >= 11 is 1.62. The van der Waals surface area contributed by atoms with Crippen molar-refractivity contribution in [2.24, 2.45) is 5.92 Å². The fourth-order valence-corrected chi connectivity index (χ4v) is 5.60. The predicted octanol–water partition coefficient (Wildman–Crippen LogP) is 4.20. The molecule has 3 heterocycles. The van der Waals surface area contributed by atoms with Crippen molar-refractivity contribution < 1.29 is 9.18 Å². The largest absolute Gasteiger partial charge is 0.353 e. The molecule has 2 aliphatic rings. The number of benzene rings is 1. The summed E-state index contributed by atoms with van der Waals surface area (Å²) in [6, 6.07) is 6.65. The number of piperidine rings is 1. The van der Waals surface area contributed by atoms with E-state index in [4.69, 9.17) is 4.98 Å². The third-order valence-corrected chi connectivity index (χ3v) is 7.43. The molecule has 1 saturated heterocycles. The average Bonchev–Trinajstić information content (AvgIpc) is 3.48. The van der Waals surface area contributed by atoms with Crippen molar-refractivity contribution >= 4 is 32.7 Å². The van der Waals surface area contributed by atoms with Crippen LogP contribution in [0.1, 0.15) is 44.2 Å². The lowest BCUT2D eigenvalue weighted by Crippen LogP contribution is -2.45. The zero-order valence-corrected chi connectivity index (χ0v) is 17.9. The highest BCUT2D eigenvalue weighted by Gasteiger charge is 2.30. The highest BCUT2D eigenvalue weighted by Crippen LogP contribution is 2.34. The van der Waals surface area contributed by atoms with Crippen LogP contribution in [0.15, 0.2) is 24.3 Å². The van der Waals surface area contributed by atoms with Crippen molar-refractivity contribution in [3.05, 3.63) is 35.8 Å². The summed E-state index contributed by atoms with van der Waals surface area (Å²) < 4.78 is 16.1. The Morgan fingerprint density at radius 2 is 1.93 bits per heavy atom. The Kier molecular flexibility index (Phi) is 5.18. The van der Waals surface area contributed by atoms with E-state index in [1.807, 2.05) is 6.92 Å². The number of anilines is 1. The number of hydrogen-bond donors (Lipinski definition) is 1. The lowest BCUT2D eigenvalue weighted by molar-refractivity contribution is -0.125. The molecule has 158 valence electrons. The quantitative estimate of drug-likeness (QED) is 0.678. The predicted molar refractivity (Wildman–Crippen MR) is 117 cm³/mol. The molecule has 3 aromatic rings. The lowest BCUT2D eigenvalue weighted by Gasteiger charge is -2.32. The molecular weight excluding hydrogens is 401 g/mol. The van der Waals surface area contributed by atoms with Crippen molar-refractivity contribution in [3.8, 4) is 5.69 Å². The van der Waals surface area contributed by atoms with Crippen LogP contribution in [0.2, 0.25) is 0 Å².